The topological polar surface area (TPSA) is 18.5 Å². The maximum atomic E-state index is 6.58. The molecule has 0 aliphatic carbocycles. The molecule has 0 heterocycles. The summed E-state index contributed by atoms with van der Waals surface area (Å²) in [6, 6.07) is 35.6. The van der Waals surface area contributed by atoms with Crippen molar-refractivity contribution in [1.29, 1.82) is 0 Å². The van der Waals surface area contributed by atoms with Crippen molar-refractivity contribution in [3.05, 3.63) is 109 Å². The van der Waals surface area contributed by atoms with Crippen LogP contribution in [0.1, 0.15) is 39.2 Å². The fraction of sp³-hybridized carbons (Fsp3) is 0.250. The molecule has 2 atom stereocenters. The Morgan fingerprint density at radius 1 is 0.588 bits per heavy atom. The summed E-state index contributed by atoms with van der Waals surface area (Å²) in [7, 11) is 0. The first-order valence-electron chi connectivity index (χ1n) is 12.2. The van der Waals surface area contributed by atoms with E-state index in [2.05, 4.69) is 119 Å². The minimum absolute atomic E-state index is 0.124. The molecular formula is C32H34O2. The fourth-order valence-electron chi connectivity index (χ4n) is 4.06. The van der Waals surface area contributed by atoms with Crippen molar-refractivity contribution >= 4 is 0 Å². The largest absolute Gasteiger partial charge is 0.490 e. The van der Waals surface area contributed by atoms with E-state index >= 15 is 0 Å². The van der Waals surface area contributed by atoms with Crippen LogP contribution in [-0.2, 0) is 0 Å². The van der Waals surface area contributed by atoms with Crippen molar-refractivity contribution in [3.63, 3.8) is 0 Å². The van der Waals surface area contributed by atoms with Crippen LogP contribution in [0.2, 0.25) is 0 Å². The number of hydrogen-bond acceptors (Lipinski definition) is 2. The highest BCUT2D eigenvalue weighted by molar-refractivity contribution is 5.82. The number of hydrogen-bond donors (Lipinski definition) is 0. The molecule has 4 aromatic carbocycles. The molecule has 0 aliphatic rings. The Bertz CT molecular complexity index is 1110. The first-order chi connectivity index (χ1) is 16.5. The molecule has 4 rings (SSSR count). The molecule has 2 heteroatoms. The zero-order chi connectivity index (χ0) is 23.9. The molecular weight excluding hydrogens is 416 g/mol. The third kappa shape index (κ3) is 5.69. The van der Waals surface area contributed by atoms with Gasteiger partial charge in [-0.2, -0.15) is 0 Å². The average molecular weight is 451 g/mol. The monoisotopic (exact) mass is 450 g/mol. The van der Waals surface area contributed by atoms with E-state index in [9.17, 15) is 0 Å². The lowest BCUT2D eigenvalue weighted by Crippen LogP contribution is -2.21. The summed E-state index contributed by atoms with van der Waals surface area (Å²) in [5.41, 5.74) is 5.79. The lowest BCUT2D eigenvalue weighted by molar-refractivity contribution is 0.144. The van der Waals surface area contributed by atoms with Crippen molar-refractivity contribution in [2.24, 2.45) is 5.92 Å². The van der Waals surface area contributed by atoms with Crippen molar-refractivity contribution in [2.45, 2.75) is 39.7 Å². The Morgan fingerprint density at radius 2 is 1.12 bits per heavy atom. The molecule has 0 fully saturated rings. The second-order valence-electron chi connectivity index (χ2n) is 9.26. The lowest BCUT2D eigenvalue weighted by Gasteiger charge is -2.21. The second-order valence-corrected chi connectivity index (χ2v) is 9.26. The van der Waals surface area contributed by atoms with E-state index in [-0.39, 0.29) is 6.10 Å². The quantitative estimate of drug-likeness (QED) is 0.254. The maximum Gasteiger partial charge on any atom is 0.135 e. The zero-order valence-electron chi connectivity index (χ0n) is 20.6. The molecule has 0 N–H and O–H groups in total. The van der Waals surface area contributed by atoms with Crippen molar-refractivity contribution in [2.75, 3.05) is 6.61 Å². The number of rotatable bonds is 9. The smallest absolute Gasteiger partial charge is 0.135 e. The third-order valence-electron chi connectivity index (χ3n) is 6.39. The molecule has 34 heavy (non-hydrogen) atoms. The van der Waals surface area contributed by atoms with Gasteiger partial charge in [0.15, 0.2) is 0 Å². The molecule has 0 amide bonds. The standard InChI is InChI=1S/C32H34O2/c1-23(2)25(4)26-18-20-29(21-19-26)33-22-24(3)34-32-30(27-12-7-5-8-13-27)16-11-17-31(32)28-14-9-6-10-15-28/h5-21,23-25H,22H2,1-4H3. The van der Waals surface area contributed by atoms with Gasteiger partial charge < -0.3 is 9.47 Å². The van der Waals surface area contributed by atoms with E-state index in [0.717, 1.165) is 33.8 Å². The molecule has 0 radical (unpaired) electrons. The van der Waals surface area contributed by atoms with Gasteiger partial charge in [-0.3, -0.25) is 0 Å². The first-order valence-corrected chi connectivity index (χ1v) is 12.2. The summed E-state index contributed by atoms with van der Waals surface area (Å²) in [5, 5.41) is 0. The average Bonchev–Trinajstić information content (AvgIpc) is 2.88. The molecule has 0 aromatic heterocycles. The molecule has 0 aliphatic heterocycles. The van der Waals surface area contributed by atoms with Gasteiger partial charge in [-0.15, -0.1) is 0 Å². The van der Waals surface area contributed by atoms with Gasteiger partial charge >= 0.3 is 0 Å². The van der Waals surface area contributed by atoms with Crippen molar-refractivity contribution in [1.82, 2.24) is 0 Å². The van der Waals surface area contributed by atoms with Crippen molar-refractivity contribution < 1.29 is 9.47 Å². The van der Waals surface area contributed by atoms with E-state index in [1.54, 1.807) is 0 Å². The van der Waals surface area contributed by atoms with Gasteiger partial charge in [-0.1, -0.05) is 112 Å². The number of ether oxygens (including phenoxy) is 2. The summed E-state index contributed by atoms with van der Waals surface area (Å²) < 4.78 is 12.7. The summed E-state index contributed by atoms with van der Waals surface area (Å²) in [5.74, 6) is 2.90. The summed E-state index contributed by atoms with van der Waals surface area (Å²) in [6.07, 6.45) is -0.124. The Labute approximate surface area is 204 Å². The van der Waals surface area contributed by atoms with Crippen molar-refractivity contribution in [3.8, 4) is 33.8 Å². The van der Waals surface area contributed by atoms with Gasteiger partial charge in [-0.25, -0.2) is 0 Å². The number of benzene rings is 4. The normalized spacial score (nSPS) is 12.9. The van der Waals surface area contributed by atoms with Crippen LogP contribution in [-0.4, -0.2) is 12.7 Å². The molecule has 0 saturated heterocycles. The van der Waals surface area contributed by atoms with Gasteiger partial charge in [0.05, 0.1) is 0 Å². The van der Waals surface area contributed by atoms with Crippen LogP contribution < -0.4 is 9.47 Å². The Morgan fingerprint density at radius 3 is 1.62 bits per heavy atom. The molecule has 4 aromatic rings. The zero-order valence-corrected chi connectivity index (χ0v) is 20.6. The Hall–Kier alpha value is -3.52. The van der Waals surface area contributed by atoms with Crippen LogP contribution in [0.25, 0.3) is 22.3 Å². The van der Waals surface area contributed by atoms with Crippen LogP contribution in [0.4, 0.5) is 0 Å². The van der Waals surface area contributed by atoms with Crippen LogP contribution in [0.5, 0.6) is 11.5 Å². The minimum Gasteiger partial charge on any atom is -0.490 e. The van der Waals surface area contributed by atoms with Crippen LogP contribution >= 0.6 is 0 Å². The van der Waals surface area contributed by atoms with Gasteiger partial charge in [0.25, 0.3) is 0 Å². The molecule has 174 valence electrons. The number of para-hydroxylation sites is 1. The maximum absolute atomic E-state index is 6.58. The van der Waals surface area contributed by atoms with E-state index in [1.165, 1.54) is 5.56 Å². The van der Waals surface area contributed by atoms with Gasteiger partial charge in [0.2, 0.25) is 0 Å². The van der Waals surface area contributed by atoms with Gasteiger partial charge in [-0.05, 0) is 47.6 Å². The Kier molecular flexibility index (Phi) is 7.69. The molecule has 0 bridgehead atoms. The van der Waals surface area contributed by atoms with Crippen LogP contribution in [0.3, 0.4) is 0 Å². The fourth-order valence-corrected chi connectivity index (χ4v) is 4.06. The minimum atomic E-state index is -0.124. The van der Waals surface area contributed by atoms with E-state index in [1.807, 2.05) is 12.1 Å². The Balaban J connectivity index is 1.54. The predicted octanol–water partition coefficient (Wildman–Crippen LogP) is 8.63. The highest BCUT2D eigenvalue weighted by Crippen LogP contribution is 2.39. The molecule has 0 spiro atoms. The summed E-state index contributed by atoms with van der Waals surface area (Å²) in [6.45, 7) is 9.31. The SMILES string of the molecule is CC(COc1ccc(C(C)C(C)C)cc1)Oc1c(-c2ccccc2)cccc1-c1ccccc1. The lowest BCUT2D eigenvalue weighted by atomic mass is 9.90. The predicted molar refractivity (Wildman–Crippen MR) is 143 cm³/mol. The first kappa shape index (κ1) is 23.6. The highest BCUT2D eigenvalue weighted by atomic mass is 16.5. The van der Waals surface area contributed by atoms with Gasteiger partial charge in [0, 0.05) is 11.1 Å². The van der Waals surface area contributed by atoms with E-state index < -0.39 is 0 Å². The van der Waals surface area contributed by atoms with E-state index in [0.29, 0.717) is 18.4 Å². The second kappa shape index (κ2) is 11.1. The van der Waals surface area contributed by atoms with Gasteiger partial charge in [0.1, 0.15) is 24.2 Å². The highest BCUT2D eigenvalue weighted by Gasteiger charge is 2.17. The van der Waals surface area contributed by atoms with Crippen LogP contribution in [0, 0.1) is 5.92 Å². The molecule has 2 unspecified atom stereocenters. The summed E-state index contributed by atoms with van der Waals surface area (Å²) in [4.78, 5) is 0. The third-order valence-corrected chi connectivity index (χ3v) is 6.39. The molecule has 0 saturated carbocycles. The molecule has 2 nitrogen and oxygen atoms in total. The van der Waals surface area contributed by atoms with Crippen LogP contribution in [0.15, 0.2) is 103 Å². The summed E-state index contributed by atoms with van der Waals surface area (Å²) >= 11 is 0. The van der Waals surface area contributed by atoms with E-state index in [4.69, 9.17) is 9.47 Å².